The second-order valence-corrected chi connectivity index (χ2v) is 5.36. The van der Waals surface area contributed by atoms with E-state index in [1.54, 1.807) is 36.4 Å². The van der Waals surface area contributed by atoms with Gasteiger partial charge in [0, 0.05) is 18.2 Å². The number of benzene rings is 1. The minimum absolute atomic E-state index is 0.162. The Morgan fingerprint density at radius 1 is 1.08 bits per heavy atom. The van der Waals surface area contributed by atoms with E-state index in [-0.39, 0.29) is 17.5 Å². The highest BCUT2D eigenvalue weighted by molar-refractivity contribution is 6.05. The lowest BCUT2D eigenvalue weighted by atomic mass is 10.2. The Morgan fingerprint density at radius 3 is 2.54 bits per heavy atom. The number of carbonyl (C=O) groups excluding carboxylic acids is 2. The lowest BCUT2D eigenvalue weighted by Crippen LogP contribution is -2.35. The van der Waals surface area contributed by atoms with Crippen molar-refractivity contribution in [2.24, 2.45) is 0 Å². The molecule has 0 aliphatic rings. The summed E-state index contributed by atoms with van der Waals surface area (Å²) in [6.45, 7) is 2.67. The van der Waals surface area contributed by atoms with Crippen LogP contribution in [0.2, 0.25) is 0 Å². The molecule has 0 aliphatic heterocycles. The van der Waals surface area contributed by atoms with Crippen LogP contribution >= 0.6 is 0 Å². The number of hydrogen-bond acceptors (Lipinski definition) is 3. The summed E-state index contributed by atoms with van der Waals surface area (Å²) in [5, 5.41) is 5.49. The van der Waals surface area contributed by atoms with Gasteiger partial charge in [-0.1, -0.05) is 38.0 Å². The molecule has 0 unspecified atom stereocenters. The number of carbonyl (C=O) groups is 2. The third-order valence-electron chi connectivity index (χ3n) is 3.42. The molecule has 126 valence electrons. The first-order valence-corrected chi connectivity index (χ1v) is 8.10. The van der Waals surface area contributed by atoms with Gasteiger partial charge < -0.3 is 15.1 Å². The number of furan rings is 1. The van der Waals surface area contributed by atoms with Crippen LogP contribution in [0.15, 0.2) is 58.8 Å². The molecule has 2 aromatic rings. The van der Waals surface area contributed by atoms with Gasteiger partial charge in [0.1, 0.15) is 11.5 Å². The smallest absolute Gasteiger partial charge is 0.267 e. The Hall–Kier alpha value is -2.82. The number of unbranched alkanes of at least 4 members (excludes halogenated alkanes) is 2. The van der Waals surface area contributed by atoms with E-state index < -0.39 is 0 Å². The zero-order valence-electron chi connectivity index (χ0n) is 13.7. The SMILES string of the molecule is CCCCCNC(=O)/C(=C/c1ccco1)NC(=O)c1ccccc1. The molecule has 0 radical (unpaired) electrons. The summed E-state index contributed by atoms with van der Waals surface area (Å²) in [7, 11) is 0. The molecule has 5 nitrogen and oxygen atoms in total. The van der Waals surface area contributed by atoms with Crippen molar-refractivity contribution in [2.75, 3.05) is 6.54 Å². The van der Waals surface area contributed by atoms with Crippen molar-refractivity contribution in [3.05, 3.63) is 65.7 Å². The van der Waals surface area contributed by atoms with Gasteiger partial charge in [-0.2, -0.15) is 0 Å². The first-order chi connectivity index (χ1) is 11.7. The molecule has 2 amide bonds. The summed E-state index contributed by atoms with van der Waals surface area (Å²) in [6.07, 6.45) is 6.07. The Balaban J connectivity index is 2.08. The zero-order valence-corrected chi connectivity index (χ0v) is 13.7. The van der Waals surface area contributed by atoms with Crippen molar-refractivity contribution in [2.45, 2.75) is 26.2 Å². The normalized spacial score (nSPS) is 11.1. The summed E-state index contributed by atoms with van der Waals surface area (Å²) in [5.74, 6) is -0.161. The number of amides is 2. The van der Waals surface area contributed by atoms with Crippen LogP contribution < -0.4 is 10.6 Å². The predicted octanol–water partition coefficient (Wildman–Crippen LogP) is 3.36. The van der Waals surface area contributed by atoms with Gasteiger partial charge in [0.05, 0.1) is 6.26 Å². The molecule has 0 saturated carbocycles. The first kappa shape index (κ1) is 17.5. The Bertz CT molecular complexity index is 676. The van der Waals surface area contributed by atoms with Gasteiger partial charge in [-0.3, -0.25) is 9.59 Å². The topological polar surface area (TPSA) is 71.3 Å². The van der Waals surface area contributed by atoms with Gasteiger partial charge in [0.15, 0.2) is 0 Å². The van der Waals surface area contributed by atoms with Gasteiger partial charge >= 0.3 is 0 Å². The van der Waals surface area contributed by atoms with Crippen molar-refractivity contribution in [1.82, 2.24) is 10.6 Å². The van der Waals surface area contributed by atoms with Crippen LogP contribution in [-0.2, 0) is 4.79 Å². The van der Waals surface area contributed by atoms with Crippen LogP contribution in [0.3, 0.4) is 0 Å². The Labute approximate surface area is 141 Å². The van der Waals surface area contributed by atoms with Crippen molar-refractivity contribution >= 4 is 17.9 Å². The third kappa shape index (κ3) is 5.43. The fraction of sp³-hybridized carbons (Fsp3) is 0.263. The number of nitrogens with one attached hydrogen (secondary N) is 2. The third-order valence-corrected chi connectivity index (χ3v) is 3.42. The molecule has 1 aromatic carbocycles. The van der Waals surface area contributed by atoms with E-state index in [1.807, 2.05) is 6.07 Å². The second-order valence-electron chi connectivity index (χ2n) is 5.36. The molecule has 2 rings (SSSR count). The van der Waals surface area contributed by atoms with E-state index in [4.69, 9.17) is 4.42 Å². The molecule has 5 heteroatoms. The monoisotopic (exact) mass is 326 g/mol. The van der Waals surface area contributed by atoms with E-state index in [9.17, 15) is 9.59 Å². The minimum Gasteiger partial charge on any atom is -0.465 e. The molecule has 0 atom stereocenters. The molecular weight excluding hydrogens is 304 g/mol. The molecule has 0 saturated heterocycles. The summed E-state index contributed by atoms with van der Waals surface area (Å²) >= 11 is 0. The van der Waals surface area contributed by atoms with Crippen molar-refractivity contribution < 1.29 is 14.0 Å². The molecule has 1 aromatic heterocycles. The number of rotatable bonds is 8. The summed E-state index contributed by atoms with van der Waals surface area (Å²) in [5.41, 5.74) is 0.650. The number of hydrogen-bond donors (Lipinski definition) is 2. The maximum Gasteiger partial charge on any atom is 0.267 e. The molecule has 0 spiro atoms. The molecule has 0 bridgehead atoms. The lowest BCUT2D eigenvalue weighted by Gasteiger charge is -2.10. The molecule has 24 heavy (non-hydrogen) atoms. The van der Waals surface area contributed by atoms with Crippen LogP contribution in [-0.4, -0.2) is 18.4 Å². The van der Waals surface area contributed by atoms with Crippen molar-refractivity contribution in [3.8, 4) is 0 Å². The second kappa shape index (κ2) is 9.35. The van der Waals surface area contributed by atoms with Crippen LogP contribution in [0, 0.1) is 0 Å². The molecule has 1 heterocycles. The Kier molecular flexibility index (Phi) is 6.83. The molecule has 0 fully saturated rings. The van der Waals surface area contributed by atoms with Gasteiger partial charge in [0.25, 0.3) is 11.8 Å². The molecule has 2 N–H and O–H groups in total. The highest BCUT2D eigenvalue weighted by Gasteiger charge is 2.14. The van der Waals surface area contributed by atoms with Gasteiger partial charge in [-0.05, 0) is 30.7 Å². The average Bonchev–Trinajstić information content (AvgIpc) is 3.12. The predicted molar refractivity (Wildman–Crippen MR) is 93.1 cm³/mol. The lowest BCUT2D eigenvalue weighted by molar-refractivity contribution is -0.117. The van der Waals surface area contributed by atoms with Crippen LogP contribution in [0.4, 0.5) is 0 Å². The highest BCUT2D eigenvalue weighted by atomic mass is 16.3. The van der Waals surface area contributed by atoms with Gasteiger partial charge in [-0.15, -0.1) is 0 Å². The molecule has 0 aliphatic carbocycles. The average molecular weight is 326 g/mol. The maximum absolute atomic E-state index is 12.4. The van der Waals surface area contributed by atoms with Crippen molar-refractivity contribution in [1.29, 1.82) is 0 Å². The van der Waals surface area contributed by atoms with Crippen LogP contribution in [0.1, 0.15) is 42.3 Å². The fourth-order valence-corrected chi connectivity index (χ4v) is 2.13. The standard InChI is InChI=1S/C19H22N2O3/c1-2-3-7-12-20-19(23)17(14-16-11-8-13-24-16)21-18(22)15-9-5-4-6-10-15/h4-6,8-11,13-14H,2-3,7,12H2,1H3,(H,20,23)(H,21,22)/b17-14-. The minimum atomic E-state index is -0.336. The fourth-order valence-electron chi connectivity index (χ4n) is 2.13. The summed E-state index contributed by atoms with van der Waals surface area (Å²) in [4.78, 5) is 24.7. The first-order valence-electron chi connectivity index (χ1n) is 8.10. The van der Waals surface area contributed by atoms with E-state index in [1.165, 1.54) is 12.3 Å². The quantitative estimate of drug-likeness (QED) is 0.577. The van der Waals surface area contributed by atoms with Gasteiger partial charge in [-0.25, -0.2) is 0 Å². The highest BCUT2D eigenvalue weighted by Crippen LogP contribution is 2.08. The van der Waals surface area contributed by atoms with E-state index in [0.29, 0.717) is 17.9 Å². The zero-order chi connectivity index (χ0) is 17.2. The van der Waals surface area contributed by atoms with E-state index >= 15 is 0 Å². The largest absolute Gasteiger partial charge is 0.465 e. The van der Waals surface area contributed by atoms with Gasteiger partial charge in [0.2, 0.25) is 0 Å². The van der Waals surface area contributed by atoms with E-state index in [2.05, 4.69) is 17.6 Å². The maximum atomic E-state index is 12.4. The Morgan fingerprint density at radius 2 is 1.88 bits per heavy atom. The molecular formula is C19H22N2O3. The van der Waals surface area contributed by atoms with Crippen LogP contribution in [0.5, 0.6) is 0 Å². The van der Waals surface area contributed by atoms with Crippen LogP contribution in [0.25, 0.3) is 6.08 Å². The summed E-state index contributed by atoms with van der Waals surface area (Å²) in [6, 6.07) is 12.2. The van der Waals surface area contributed by atoms with Crippen molar-refractivity contribution in [3.63, 3.8) is 0 Å². The van der Waals surface area contributed by atoms with E-state index in [0.717, 1.165) is 19.3 Å². The summed E-state index contributed by atoms with van der Waals surface area (Å²) < 4.78 is 5.24.